The molecule has 0 aliphatic carbocycles. The molecule has 1 amide bonds. The van der Waals surface area contributed by atoms with Crippen molar-refractivity contribution in [2.24, 2.45) is 4.99 Å². The van der Waals surface area contributed by atoms with E-state index in [1.54, 1.807) is 25.3 Å². The summed E-state index contributed by atoms with van der Waals surface area (Å²) in [4.78, 5) is 18.0. The van der Waals surface area contributed by atoms with Crippen molar-refractivity contribution in [1.29, 1.82) is 0 Å². The third kappa shape index (κ3) is 3.67. The molecular formula is C21H22N2O5S. The number of carbonyl (C=O) groups is 1. The molecule has 29 heavy (non-hydrogen) atoms. The highest BCUT2D eigenvalue weighted by molar-refractivity contribution is 7.16. The number of aryl methyl sites for hydroxylation is 1. The number of methoxy groups -OCH3 is 2. The number of hydrogen-bond donors (Lipinski definition) is 0. The van der Waals surface area contributed by atoms with Crippen LogP contribution in [-0.4, -0.2) is 37.9 Å². The van der Waals surface area contributed by atoms with Gasteiger partial charge in [0.1, 0.15) is 24.7 Å². The predicted molar refractivity (Wildman–Crippen MR) is 111 cm³/mol. The molecular weight excluding hydrogens is 392 g/mol. The summed E-state index contributed by atoms with van der Waals surface area (Å²) in [6.07, 6.45) is 0.910. The lowest BCUT2D eigenvalue weighted by molar-refractivity contribution is 0.0995. The highest BCUT2D eigenvalue weighted by Gasteiger charge is 2.18. The quantitative estimate of drug-likeness (QED) is 0.637. The lowest BCUT2D eigenvalue weighted by atomic mass is 10.2. The molecule has 3 aromatic rings. The van der Waals surface area contributed by atoms with Gasteiger partial charge in [-0.05, 0) is 18.6 Å². The van der Waals surface area contributed by atoms with Crippen molar-refractivity contribution in [3.8, 4) is 23.0 Å². The molecule has 152 valence electrons. The number of thiazole rings is 1. The molecule has 2 heterocycles. The first kappa shape index (κ1) is 19.3. The van der Waals surface area contributed by atoms with E-state index < -0.39 is 0 Å². The predicted octanol–water partition coefficient (Wildman–Crippen LogP) is 3.64. The normalized spacial score (nSPS) is 13.6. The minimum Gasteiger partial charge on any atom is -0.497 e. The highest BCUT2D eigenvalue weighted by atomic mass is 32.1. The van der Waals surface area contributed by atoms with E-state index >= 15 is 0 Å². The van der Waals surface area contributed by atoms with E-state index in [2.05, 4.69) is 11.9 Å². The molecule has 0 radical (unpaired) electrons. The van der Waals surface area contributed by atoms with Crippen molar-refractivity contribution in [3.63, 3.8) is 0 Å². The summed E-state index contributed by atoms with van der Waals surface area (Å²) in [6, 6.07) is 8.99. The Morgan fingerprint density at radius 1 is 1.14 bits per heavy atom. The van der Waals surface area contributed by atoms with Gasteiger partial charge in [0, 0.05) is 24.7 Å². The standard InChI is InChI=1S/C21H22N2O5S/c1-4-7-23-15-11-17-18(28-9-8-27-17)12-19(15)29-21(23)22-20(24)14-6-5-13(25-2)10-16(14)26-3/h5-6,10-12H,4,7-9H2,1-3H3. The van der Waals surface area contributed by atoms with Crippen molar-refractivity contribution in [2.75, 3.05) is 27.4 Å². The lowest BCUT2D eigenvalue weighted by Gasteiger charge is -2.18. The Labute approximate surface area is 172 Å². The van der Waals surface area contributed by atoms with Gasteiger partial charge in [-0.1, -0.05) is 18.3 Å². The highest BCUT2D eigenvalue weighted by Crippen LogP contribution is 2.35. The van der Waals surface area contributed by atoms with E-state index in [0.29, 0.717) is 35.1 Å². The second kappa shape index (κ2) is 8.16. The van der Waals surface area contributed by atoms with Crippen molar-refractivity contribution < 1.29 is 23.7 Å². The van der Waals surface area contributed by atoms with Crippen LogP contribution < -0.4 is 23.7 Å². The van der Waals surface area contributed by atoms with E-state index in [9.17, 15) is 4.79 Å². The minimum atomic E-state index is -0.363. The molecule has 0 fully saturated rings. The maximum Gasteiger partial charge on any atom is 0.283 e. The summed E-state index contributed by atoms with van der Waals surface area (Å²) >= 11 is 1.46. The van der Waals surface area contributed by atoms with Crippen molar-refractivity contribution >= 4 is 27.5 Å². The van der Waals surface area contributed by atoms with Crippen LogP contribution in [0.3, 0.4) is 0 Å². The monoisotopic (exact) mass is 414 g/mol. The number of benzene rings is 2. The van der Waals surface area contributed by atoms with Crippen molar-refractivity contribution in [3.05, 3.63) is 40.7 Å². The van der Waals surface area contributed by atoms with Gasteiger partial charge < -0.3 is 23.5 Å². The van der Waals surface area contributed by atoms with Gasteiger partial charge in [0.2, 0.25) is 0 Å². The second-order valence-electron chi connectivity index (χ2n) is 6.48. The first-order valence-corrected chi connectivity index (χ1v) is 10.2. The molecule has 0 bridgehead atoms. The fraction of sp³-hybridized carbons (Fsp3) is 0.333. The number of hydrogen-bond acceptors (Lipinski definition) is 6. The van der Waals surface area contributed by atoms with Gasteiger partial charge in [-0.2, -0.15) is 4.99 Å². The number of aromatic nitrogens is 1. The van der Waals surface area contributed by atoms with Gasteiger partial charge in [0.05, 0.1) is 30.0 Å². The Kier molecular flexibility index (Phi) is 5.44. The van der Waals surface area contributed by atoms with Gasteiger partial charge in [-0.25, -0.2) is 0 Å². The Morgan fingerprint density at radius 3 is 2.59 bits per heavy atom. The molecule has 0 atom stereocenters. The van der Waals surface area contributed by atoms with E-state index in [0.717, 1.165) is 34.7 Å². The van der Waals surface area contributed by atoms with Crippen LogP contribution in [0.2, 0.25) is 0 Å². The smallest absolute Gasteiger partial charge is 0.283 e. The fourth-order valence-electron chi connectivity index (χ4n) is 3.25. The lowest BCUT2D eigenvalue weighted by Crippen LogP contribution is -2.18. The van der Waals surface area contributed by atoms with E-state index in [1.807, 2.05) is 16.7 Å². The molecule has 0 saturated carbocycles. The number of carbonyl (C=O) groups excluding carboxylic acids is 1. The van der Waals surface area contributed by atoms with Crippen LogP contribution in [0.5, 0.6) is 23.0 Å². The Morgan fingerprint density at radius 2 is 1.90 bits per heavy atom. The molecule has 0 spiro atoms. The van der Waals surface area contributed by atoms with E-state index in [4.69, 9.17) is 18.9 Å². The number of nitrogens with zero attached hydrogens (tertiary/aromatic N) is 2. The van der Waals surface area contributed by atoms with Crippen molar-refractivity contribution in [2.45, 2.75) is 19.9 Å². The van der Waals surface area contributed by atoms with Crippen LogP contribution in [0.15, 0.2) is 35.3 Å². The molecule has 7 nitrogen and oxygen atoms in total. The summed E-state index contributed by atoms with van der Waals surface area (Å²) in [5.41, 5.74) is 1.37. The molecule has 0 N–H and O–H groups in total. The maximum absolute atomic E-state index is 12.9. The summed E-state index contributed by atoms with van der Waals surface area (Å²) in [6.45, 7) is 3.90. The zero-order valence-electron chi connectivity index (χ0n) is 16.6. The van der Waals surface area contributed by atoms with Crippen LogP contribution in [0.1, 0.15) is 23.7 Å². The van der Waals surface area contributed by atoms with E-state index in [-0.39, 0.29) is 5.91 Å². The van der Waals surface area contributed by atoms with Gasteiger partial charge in [0.25, 0.3) is 5.91 Å². The molecule has 1 aliphatic heterocycles. The second-order valence-corrected chi connectivity index (χ2v) is 7.49. The molecule has 1 aromatic heterocycles. The van der Waals surface area contributed by atoms with Crippen molar-refractivity contribution in [1.82, 2.24) is 4.57 Å². The summed E-state index contributed by atoms with van der Waals surface area (Å²) < 4.78 is 25.0. The van der Waals surface area contributed by atoms with Gasteiger partial charge >= 0.3 is 0 Å². The maximum atomic E-state index is 12.9. The number of fused-ring (bicyclic) bond motifs is 2. The fourth-order valence-corrected chi connectivity index (χ4v) is 4.32. The van der Waals surface area contributed by atoms with Gasteiger partial charge in [-0.15, -0.1) is 0 Å². The number of ether oxygens (including phenoxy) is 4. The van der Waals surface area contributed by atoms with Crippen LogP contribution in [0.4, 0.5) is 0 Å². The third-order valence-electron chi connectivity index (χ3n) is 4.63. The van der Waals surface area contributed by atoms with Crippen LogP contribution in [-0.2, 0) is 6.54 Å². The molecule has 4 rings (SSSR count). The zero-order valence-corrected chi connectivity index (χ0v) is 17.4. The Hall–Kier alpha value is -3.00. The summed E-state index contributed by atoms with van der Waals surface area (Å²) in [5, 5.41) is 0. The molecule has 8 heteroatoms. The van der Waals surface area contributed by atoms with E-state index in [1.165, 1.54) is 18.4 Å². The van der Waals surface area contributed by atoms with Crippen LogP contribution >= 0.6 is 11.3 Å². The average Bonchev–Trinajstić information content (AvgIpc) is 3.07. The largest absolute Gasteiger partial charge is 0.497 e. The van der Waals surface area contributed by atoms with Crippen LogP contribution in [0.25, 0.3) is 10.2 Å². The summed E-state index contributed by atoms with van der Waals surface area (Å²) in [5.74, 6) is 2.13. The number of amides is 1. The van der Waals surface area contributed by atoms with Crippen LogP contribution in [0, 0.1) is 0 Å². The minimum absolute atomic E-state index is 0.363. The first-order valence-electron chi connectivity index (χ1n) is 9.38. The third-order valence-corrected chi connectivity index (χ3v) is 5.67. The van der Waals surface area contributed by atoms with Gasteiger partial charge in [0.15, 0.2) is 16.3 Å². The van der Waals surface area contributed by atoms with Gasteiger partial charge in [-0.3, -0.25) is 4.79 Å². The Bertz CT molecular complexity index is 1130. The summed E-state index contributed by atoms with van der Waals surface area (Å²) in [7, 11) is 3.09. The number of rotatable bonds is 5. The Balaban J connectivity index is 1.83. The zero-order chi connectivity index (χ0) is 20.4. The topological polar surface area (TPSA) is 71.3 Å². The molecule has 2 aromatic carbocycles. The molecule has 0 unspecified atom stereocenters. The average molecular weight is 414 g/mol. The molecule has 0 saturated heterocycles. The SMILES string of the molecule is CCCn1c(=NC(=O)c2ccc(OC)cc2OC)sc2cc3c(cc21)OCCO3. The molecule has 1 aliphatic rings. The first-order chi connectivity index (χ1) is 14.1.